The molecule has 0 aliphatic rings. The lowest BCUT2D eigenvalue weighted by Crippen LogP contribution is -2.13. The van der Waals surface area contributed by atoms with E-state index in [-0.39, 0.29) is 12.5 Å². The van der Waals surface area contributed by atoms with Crippen LogP contribution in [-0.4, -0.2) is 15.7 Å². The van der Waals surface area contributed by atoms with Gasteiger partial charge in [-0.15, -0.1) is 0 Å². The molecule has 1 N–H and O–H groups in total. The molecule has 0 saturated carbocycles. The van der Waals surface area contributed by atoms with Gasteiger partial charge in [-0.25, -0.2) is 0 Å². The number of rotatable bonds is 7. The number of carbonyl (C=O) groups is 1. The molecule has 1 heterocycles. The molecule has 0 spiro atoms. The Balaban J connectivity index is 1.43. The Bertz CT molecular complexity index is 1360. The van der Waals surface area contributed by atoms with Crippen molar-refractivity contribution in [1.29, 1.82) is 0 Å². The zero-order chi connectivity index (χ0) is 24.2. The van der Waals surface area contributed by atoms with Crippen molar-refractivity contribution in [3.8, 4) is 5.75 Å². The first-order valence-electron chi connectivity index (χ1n) is 9.94. The highest BCUT2D eigenvalue weighted by Gasteiger charge is 2.14. The fourth-order valence-corrected chi connectivity index (χ4v) is 4.36. The normalized spacial score (nSPS) is 10.9. The number of hydrogen-bond donors (Lipinski definition) is 1. The Morgan fingerprint density at radius 2 is 1.79 bits per heavy atom. The summed E-state index contributed by atoms with van der Waals surface area (Å²) in [5.41, 5.74) is 2.11. The van der Waals surface area contributed by atoms with Crippen LogP contribution >= 0.6 is 62.3 Å². The molecule has 0 aliphatic carbocycles. The maximum absolute atomic E-state index is 12.9. The van der Waals surface area contributed by atoms with E-state index < -0.39 is 0 Å². The number of ether oxygens (including phenoxy) is 1. The van der Waals surface area contributed by atoms with Gasteiger partial charge < -0.3 is 10.1 Å². The van der Waals surface area contributed by atoms with Gasteiger partial charge in [-0.2, -0.15) is 5.10 Å². The minimum absolute atomic E-state index is 0.224. The zero-order valence-electron chi connectivity index (χ0n) is 17.4. The van der Waals surface area contributed by atoms with Gasteiger partial charge in [0.2, 0.25) is 0 Å². The van der Waals surface area contributed by atoms with Crippen LogP contribution in [0.15, 0.2) is 71.3 Å². The van der Waals surface area contributed by atoms with Crippen molar-refractivity contribution >= 4 is 74.1 Å². The largest absolute Gasteiger partial charge is 0.487 e. The Morgan fingerprint density at radius 3 is 2.59 bits per heavy atom. The molecule has 0 fully saturated rings. The molecule has 34 heavy (non-hydrogen) atoms. The molecule has 0 atom stereocenters. The molecule has 5 nitrogen and oxygen atoms in total. The number of anilines is 1. The van der Waals surface area contributed by atoms with Crippen molar-refractivity contribution in [3.05, 3.63) is 108 Å². The van der Waals surface area contributed by atoms with E-state index in [4.69, 9.17) is 51.1 Å². The fourth-order valence-electron chi connectivity index (χ4n) is 3.13. The first-order valence-corrected chi connectivity index (χ1v) is 12.2. The number of halogens is 5. The van der Waals surface area contributed by atoms with Crippen molar-refractivity contribution < 1.29 is 9.53 Å². The second kappa shape index (κ2) is 11.0. The van der Waals surface area contributed by atoms with Gasteiger partial charge in [0.15, 0.2) is 5.82 Å². The van der Waals surface area contributed by atoms with Crippen LogP contribution < -0.4 is 10.1 Å². The van der Waals surface area contributed by atoms with Crippen molar-refractivity contribution in [2.45, 2.75) is 13.2 Å². The second-order valence-electron chi connectivity index (χ2n) is 7.25. The summed E-state index contributed by atoms with van der Waals surface area (Å²) in [5, 5.41) is 9.13. The molecule has 1 amide bonds. The number of nitrogens with zero attached hydrogens (tertiary/aromatic N) is 2. The minimum Gasteiger partial charge on any atom is -0.487 e. The highest BCUT2D eigenvalue weighted by molar-refractivity contribution is 9.10. The van der Waals surface area contributed by atoms with Gasteiger partial charge >= 0.3 is 0 Å². The second-order valence-corrected chi connectivity index (χ2v) is 9.74. The van der Waals surface area contributed by atoms with E-state index in [2.05, 4.69) is 26.3 Å². The molecule has 4 aromatic rings. The van der Waals surface area contributed by atoms with E-state index in [0.29, 0.717) is 48.2 Å². The summed E-state index contributed by atoms with van der Waals surface area (Å²) < 4.78 is 8.08. The first-order chi connectivity index (χ1) is 16.3. The highest BCUT2D eigenvalue weighted by atomic mass is 79.9. The zero-order valence-corrected chi connectivity index (χ0v) is 22.0. The molecule has 0 bridgehead atoms. The number of amides is 1. The van der Waals surface area contributed by atoms with E-state index in [1.807, 2.05) is 12.1 Å². The van der Waals surface area contributed by atoms with Crippen LogP contribution in [0.25, 0.3) is 0 Å². The van der Waals surface area contributed by atoms with Gasteiger partial charge in [0.05, 0.1) is 16.0 Å². The Labute approximate surface area is 224 Å². The summed E-state index contributed by atoms with van der Waals surface area (Å²) in [4.78, 5) is 12.9. The van der Waals surface area contributed by atoms with Crippen LogP contribution in [-0.2, 0) is 13.2 Å². The van der Waals surface area contributed by atoms with Gasteiger partial charge in [-0.1, -0.05) is 70.7 Å². The Morgan fingerprint density at radius 1 is 1.00 bits per heavy atom. The molecule has 174 valence electrons. The molecular formula is C24H16BrCl4N3O2. The maximum Gasteiger partial charge on any atom is 0.256 e. The Hall–Kier alpha value is -2.22. The highest BCUT2D eigenvalue weighted by Crippen LogP contribution is 2.32. The van der Waals surface area contributed by atoms with Crippen molar-refractivity contribution in [3.63, 3.8) is 0 Å². The van der Waals surface area contributed by atoms with Gasteiger partial charge in [-0.05, 0) is 63.5 Å². The predicted octanol–water partition coefficient (Wildman–Crippen LogP) is 8.14. The van der Waals surface area contributed by atoms with Crippen molar-refractivity contribution in [2.24, 2.45) is 0 Å². The Kier molecular flexibility index (Phi) is 8.06. The number of nitrogens with one attached hydrogen (secondary N) is 1. The van der Waals surface area contributed by atoms with Crippen molar-refractivity contribution in [2.75, 3.05) is 5.32 Å². The third-order valence-electron chi connectivity index (χ3n) is 4.80. The number of benzene rings is 3. The summed E-state index contributed by atoms with van der Waals surface area (Å²) >= 11 is 27.9. The fraction of sp³-hybridized carbons (Fsp3) is 0.0833. The number of carbonyl (C=O) groups excluding carboxylic acids is 1. The van der Waals surface area contributed by atoms with Gasteiger partial charge in [0.25, 0.3) is 5.91 Å². The summed E-state index contributed by atoms with van der Waals surface area (Å²) in [6, 6.07) is 17.5. The third kappa shape index (κ3) is 6.06. The van der Waals surface area contributed by atoms with E-state index in [9.17, 15) is 4.79 Å². The lowest BCUT2D eigenvalue weighted by molar-refractivity contribution is 0.102. The monoisotopic (exact) mass is 597 g/mol. The molecule has 4 rings (SSSR count). The minimum atomic E-state index is -0.307. The van der Waals surface area contributed by atoms with Crippen LogP contribution in [0.4, 0.5) is 5.82 Å². The molecule has 1 aromatic heterocycles. The standard InChI is InChI=1S/C24H16BrCl4N3O2/c25-18-12-32(11-16-7-8-17(26)10-20(16)28)31-23(18)30-24(33)15-4-1-3-14(9-15)13-34-21-6-2-5-19(27)22(21)29/h1-10,12H,11,13H2,(H,30,31,33). The number of aromatic nitrogens is 2. The predicted molar refractivity (Wildman–Crippen MR) is 141 cm³/mol. The van der Waals surface area contributed by atoms with Crippen LogP contribution in [0, 0.1) is 0 Å². The number of hydrogen-bond acceptors (Lipinski definition) is 3. The maximum atomic E-state index is 12.9. The lowest BCUT2D eigenvalue weighted by Gasteiger charge is -2.10. The summed E-state index contributed by atoms with van der Waals surface area (Å²) in [7, 11) is 0. The quantitative estimate of drug-likeness (QED) is 0.233. The summed E-state index contributed by atoms with van der Waals surface area (Å²) in [5.74, 6) is 0.555. The third-order valence-corrected chi connectivity index (χ3v) is 6.76. The van der Waals surface area contributed by atoms with Crippen LogP contribution in [0.2, 0.25) is 20.1 Å². The topological polar surface area (TPSA) is 56.2 Å². The van der Waals surface area contributed by atoms with E-state index >= 15 is 0 Å². The SMILES string of the molecule is O=C(Nc1nn(Cc2ccc(Cl)cc2Cl)cc1Br)c1cccc(COc2cccc(Cl)c2Cl)c1. The van der Waals surface area contributed by atoms with E-state index in [0.717, 1.165) is 11.1 Å². The van der Waals surface area contributed by atoms with Gasteiger partial charge in [0.1, 0.15) is 17.4 Å². The van der Waals surface area contributed by atoms with Crippen LogP contribution in [0.3, 0.4) is 0 Å². The lowest BCUT2D eigenvalue weighted by atomic mass is 10.1. The van der Waals surface area contributed by atoms with Crippen LogP contribution in [0.5, 0.6) is 5.75 Å². The summed E-state index contributed by atoms with van der Waals surface area (Å²) in [6.45, 7) is 0.644. The molecule has 3 aromatic carbocycles. The van der Waals surface area contributed by atoms with Gasteiger partial charge in [0, 0.05) is 21.8 Å². The smallest absolute Gasteiger partial charge is 0.256 e. The molecule has 0 saturated heterocycles. The van der Waals surface area contributed by atoms with Crippen LogP contribution in [0.1, 0.15) is 21.5 Å². The molecular weight excluding hydrogens is 584 g/mol. The van der Waals surface area contributed by atoms with E-state index in [1.165, 1.54) is 0 Å². The van der Waals surface area contributed by atoms with E-state index in [1.54, 1.807) is 59.4 Å². The molecule has 0 radical (unpaired) electrons. The average Bonchev–Trinajstić information content (AvgIpc) is 3.15. The molecule has 0 unspecified atom stereocenters. The first kappa shape index (κ1) is 24.9. The van der Waals surface area contributed by atoms with Gasteiger partial charge in [-0.3, -0.25) is 9.48 Å². The molecule has 0 aliphatic heterocycles. The van der Waals surface area contributed by atoms with Crippen molar-refractivity contribution in [1.82, 2.24) is 9.78 Å². The summed E-state index contributed by atoms with van der Waals surface area (Å²) in [6.07, 6.45) is 1.76. The molecule has 10 heteroatoms. The average molecular weight is 600 g/mol.